The third-order valence-corrected chi connectivity index (χ3v) is 6.21. The van der Waals surface area contributed by atoms with E-state index in [-0.39, 0.29) is 11.2 Å². The van der Waals surface area contributed by atoms with E-state index < -0.39 is 0 Å². The molecule has 0 aromatic heterocycles. The van der Waals surface area contributed by atoms with Gasteiger partial charge in [0.2, 0.25) is 0 Å². The molecule has 4 aromatic carbocycles. The van der Waals surface area contributed by atoms with Gasteiger partial charge < -0.3 is 5.32 Å². The van der Waals surface area contributed by atoms with Crippen LogP contribution in [-0.2, 0) is 5.41 Å². The second kappa shape index (κ2) is 6.84. The lowest BCUT2D eigenvalue weighted by Crippen LogP contribution is -2.15. The van der Waals surface area contributed by atoms with E-state index in [1.165, 1.54) is 22.3 Å². The summed E-state index contributed by atoms with van der Waals surface area (Å²) in [5.74, 6) is -0.246. The van der Waals surface area contributed by atoms with Crippen LogP contribution in [0.1, 0.15) is 30.5 Å². The van der Waals surface area contributed by atoms with Crippen molar-refractivity contribution in [2.24, 2.45) is 0 Å². The largest absolute Gasteiger partial charge is 0.355 e. The van der Waals surface area contributed by atoms with Crippen LogP contribution in [0.4, 0.5) is 15.8 Å². The molecule has 4 aromatic rings. The maximum atomic E-state index is 14.4. The Hall–Kier alpha value is -3.39. The molecule has 0 unspecified atom stereocenters. The lowest BCUT2D eigenvalue weighted by molar-refractivity contribution is 0.629. The fourth-order valence-corrected chi connectivity index (χ4v) is 4.61. The highest BCUT2D eigenvalue weighted by Gasteiger charge is 2.35. The third kappa shape index (κ3) is 3.00. The molecule has 0 saturated carbocycles. The Kier molecular flexibility index (Phi) is 4.25. The summed E-state index contributed by atoms with van der Waals surface area (Å²) in [6, 6.07) is 28.1. The van der Waals surface area contributed by atoms with E-state index >= 15 is 0 Å². The summed E-state index contributed by atoms with van der Waals surface area (Å²) in [6.45, 7) is 6.67. The van der Waals surface area contributed by atoms with E-state index in [0.29, 0.717) is 0 Å². The Labute approximate surface area is 177 Å². The van der Waals surface area contributed by atoms with Gasteiger partial charge in [-0.1, -0.05) is 74.5 Å². The molecular formula is C28H24FN. The zero-order chi connectivity index (χ0) is 20.9. The summed E-state index contributed by atoms with van der Waals surface area (Å²) >= 11 is 0. The van der Waals surface area contributed by atoms with E-state index in [1.807, 2.05) is 36.4 Å². The van der Waals surface area contributed by atoms with E-state index in [9.17, 15) is 4.39 Å². The summed E-state index contributed by atoms with van der Waals surface area (Å²) in [4.78, 5) is 0. The number of benzene rings is 4. The van der Waals surface area contributed by atoms with Gasteiger partial charge in [-0.2, -0.15) is 0 Å². The molecule has 0 heterocycles. The molecular weight excluding hydrogens is 369 g/mol. The van der Waals surface area contributed by atoms with E-state index in [4.69, 9.17) is 0 Å². The summed E-state index contributed by atoms with van der Waals surface area (Å²) in [7, 11) is 0. The standard InChI is InChI=1S/C28H24FN/c1-18-13-26-24(23-11-7-8-12-25(23)28(26,2)3)17-27(18)30-22-15-20(14-21(29)16-22)19-9-5-4-6-10-19/h4-17,30H,1-3H3. The molecule has 1 aliphatic rings. The van der Waals surface area contributed by atoms with Crippen molar-refractivity contribution >= 4 is 11.4 Å². The maximum absolute atomic E-state index is 14.4. The van der Waals surface area contributed by atoms with Crippen molar-refractivity contribution < 1.29 is 4.39 Å². The van der Waals surface area contributed by atoms with E-state index in [0.717, 1.165) is 28.1 Å². The number of nitrogens with one attached hydrogen (secondary N) is 1. The van der Waals surface area contributed by atoms with Gasteiger partial charge in [-0.25, -0.2) is 4.39 Å². The summed E-state index contributed by atoms with van der Waals surface area (Å²) in [6.07, 6.45) is 0. The minimum Gasteiger partial charge on any atom is -0.355 e. The van der Waals surface area contributed by atoms with Crippen LogP contribution in [0, 0.1) is 12.7 Å². The number of anilines is 2. The summed E-state index contributed by atoms with van der Waals surface area (Å²) < 4.78 is 14.4. The normalized spacial score (nSPS) is 13.6. The van der Waals surface area contributed by atoms with Gasteiger partial charge in [-0.05, 0) is 70.1 Å². The molecule has 0 fully saturated rings. The average molecular weight is 394 g/mol. The van der Waals surface area contributed by atoms with Crippen molar-refractivity contribution in [2.75, 3.05) is 5.32 Å². The number of aryl methyl sites for hydroxylation is 1. The second-order valence-electron chi connectivity index (χ2n) is 8.60. The fraction of sp³-hybridized carbons (Fsp3) is 0.143. The van der Waals surface area contributed by atoms with Gasteiger partial charge in [0.15, 0.2) is 0 Å². The van der Waals surface area contributed by atoms with Crippen LogP contribution in [-0.4, -0.2) is 0 Å². The Bertz CT molecular complexity index is 1260. The SMILES string of the molecule is Cc1cc2c(cc1Nc1cc(F)cc(-c3ccccc3)c1)-c1ccccc1C2(C)C. The predicted molar refractivity (Wildman–Crippen MR) is 124 cm³/mol. The number of hydrogen-bond acceptors (Lipinski definition) is 1. The molecule has 1 nitrogen and oxygen atoms in total. The number of halogens is 1. The van der Waals surface area contributed by atoms with Crippen LogP contribution in [0.25, 0.3) is 22.3 Å². The number of rotatable bonds is 3. The molecule has 0 bridgehead atoms. The Morgan fingerprint density at radius 2 is 1.43 bits per heavy atom. The zero-order valence-electron chi connectivity index (χ0n) is 17.5. The van der Waals surface area contributed by atoms with Gasteiger partial charge in [0.25, 0.3) is 0 Å². The molecule has 0 aliphatic heterocycles. The molecule has 0 saturated heterocycles. The van der Waals surface area contributed by atoms with Crippen LogP contribution in [0.2, 0.25) is 0 Å². The van der Waals surface area contributed by atoms with Gasteiger partial charge in [-0.3, -0.25) is 0 Å². The first-order chi connectivity index (χ1) is 14.4. The minimum atomic E-state index is -0.246. The Morgan fingerprint density at radius 1 is 0.700 bits per heavy atom. The van der Waals surface area contributed by atoms with Crippen molar-refractivity contribution in [3.8, 4) is 22.3 Å². The topological polar surface area (TPSA) is 12.0 Å². The van der Waals surface area contributed by atoms with Gasteiger partial charge in [-0.15, -0.1) is 0 Å². The zero-order valence-corrected chi connectivity index (χ0v) is 17.5. The molecule has 148 valence electrons. The molecule has 0 atom stereocenters. The van der Waals surface area contributed by atoms with E-state index in [1.54, 1.807) is 12.1 Å². The van der Waals surface area contributed by atoms with Crippen LogP contribution in [0.5, 0.6) is 0 Å². The van der Waals surface area contributed by atoms with Crippen molar-refractivity contribution in [2.45, 2.75) is 26.2 Å². The monoisotopic (exact) mass is 393 g/mol. The summed E-state index contributed by atoms with van der Waals surface area (Å²) in [5.41, 5.74) is 9.99. The van der Waals surface area contributed by atoms with Gasteiger partial charge in [0.1, 0.15) is 5.82 Å². The highest BCUT2D eigenvalue weighted by molar-refractivity contribution is 5.85. The molecule has 2 heteroatoms. The highest BCUT2D eigenvalue weighted by Crippen LogP contribution is 2.50. The molecule has 0 amide bonds. The smallest absolute Gasteiger partial charge is 0.125 e. The number of hydrogen-bond donors (Lipinski definition) is 1. The van der Waals surface area contributed by atoms with Crippen LogP contribution >= 0.6 is 0 Å². The third-order valence-electron chi connectivity index (χ3n) is 6.21. The number of fused-ring (bicyclic) bond motifs is 3. The Balaban J connectivity index is 1.58. The first-order valence-electron chi connectivity index (χ1n) is 10.3. The van der Waals surface area contributed by atoms with Crippen LogP contribution in [0.3, 0.4) is 0 Å². The quantitative estimate of drug-likeness (QED) is 0.374. The Morgan fingerprint density at radius 3 is 2.23 bits per heavy atom. The maximum Gasteiger partial charge on any atom is 0.125 e. The highest BCUT2D eigenvalue weighted by atomic mass is 19.1. The van der Waals surface area contributed by atoms with Gasteiger partial charge >= 0.3 is 0 Å². The van der Waals surface area contributed by atoms with E-state index in [2.05, 4.69) is 62.5 Å². The van der Waals surface area contributed by atoms with Crippen LogP contribution in [0.15, 0.2) is 84.9 Å². The van der Waals surface area contributed by atoms with Gasteiger partial charge in [0, 0.05) is 16.8 Å². The van der Waals surface area contributed by atoms with Crippen LogP contribution < -0.4 is 5.32 Å². The lowest BCUT2D eigenvalue weighted by Gasteiger charge is -2.22. The first kappa shape index (κ1) is 18.6. The predicted octanol–water partition coefficient (Wildman–Crippen LogP) is 7.85. The minimum absolute atomic E-state index is 0.0193. The fourth-order valence-electron chi connectivity index (χ4n) is 4.61. The lowest BCUT2D eigenvalue weighted by atomic mass is 9.82. The molecule has 1 N–H and O–H groups in total. The van der Waals surface area contributed by atoms with Crippen molar-refractivity contribution in [3.05, 3.63) is 107 Å². The van der Waals surface area contributed by atoms with Crippen molar-refractivity contribution in [1.82, 2.24) is 0 Å². The molecule has 0 radical (unpaired) electrons. The van der Waals surface area contributed by atoms with Crippen molar-refractivity contribution in [3.63, 3.8) is 0 Å². The van der Waals surface area contributed by atoms with Crippen molar-refractivity contribution in [1.29, 1.82) is 0 Å². The first-order valence-corrected chi connectivity index (χ1v) is 10.3. The molecule has 5 rings (SSSR count). The second-order valence-corrected chi connectivity index (χ2v) is 8.60. The molecule has 30 heavy (non-hydrogen) atoms. The average Bonchev–Trinajstić information content (AvgIpc) is 2.96. The molecule has 0 spiro atoms. The summed E-state index contributed by atoms with van der Waals surface area (Å²) in [5, 5.41) is 3.47. The van der Waals surface area contributed by atoms with Gasteiger partial charge in [0.05, 0.1) is 0 Å². The molecule has 1 aliphatic carbocycles.